The monoisotopic (exact) mass is 442 g/mol. The molecule has 0 saturated heterocycles. The van der Waals surface area contributed by atoms with Gasteiger partial charge in [0.25, 0.3) is 11.8 Å². The molecule has 9 nitrogen and oxygen atoms in total. The summed E-state index contributed by atoms with van der Waals surface area (Å²) in [4.78, 5) is 29.5. The standard InChI is InChI=1S/C24H22N6O3/c1-33-18-7-5-15(6-8-18)24(32)27-22-19-9-11-30-14-16(12-20(30)21(19)28-29-22)23(31)26-13-17-4-2-3-10-25-17/h2-8,10,12,14H,9,11,13H2,1H3,(H,26,31)(H2,27,28,29,32). The van der Waals surface area contributed by atoms with Crippen LogP contribution in [0.1, 0.15) is 32.0 Å². The van der Waals surface area contributed by atoms with Crippen LogP contribution in [-0.2, 0) is 19.5 Å². The van der Waals surface area contributed by atoms with E-state index >= 15 is 0 Å². The number of nitrogens with one attached hydrogen (secondary N) is 3. The number of carbonyl (C=O) groups excluding carboxylic acids is 2. The zero-order valence-electron chi connectivity index (χ0n) is 18.0. The summed E-state index contributed by atoms with van der Waals surface area (Å²) in [5.41, 5.74) is 4.45. The molecule has 4 heterocycles. The van der Waals surface area contributed by atoms with Crippen LogP contribution >= 0.6 is 0 Å². The Morgan fingerprint density at radius 1 is 1.12 bits per heavy atom. The van der Waals surface area contributed by atoms with E-state index in [0.717, 1.165) is 22.6 Å². The third-order valence-electron chi connectivity index (χ3n) is 5.63. The van der Waals surface area contributed by atoms with E-state index in [0.29, 0.717) is 42.2 Å². The topological polar surface area (TPSA) is 114 Å². The largest absolute Gasteiger partial charge is 0.497 e. The van der Waals surface area contributed by atoms with Gasteiger partial charge in [0.15, 0.2) is 5.82 Å². The Morgan fingerprint density at radius 2 is 1.97 bits per heavy atom. The molecule has 0 spiro atoms. The number of benzene rings is 1. The van der Waals surface area contributed by atoms with E-state index in [9.17, 15) is 9.59 Å². The molecule has 3 N–H and O–H groups in total. The number of aromatic amines is 1. The number of aromatic nitrogens is 4. The van der Waals surface area contributed by atoms with Crippen LogP contribution in [0.25, 0.3) is 11.4 Å². The molecule has 2 amide bonds. The van der Waals surface area contributed by atoms with E-state index in [1.807, 2.05) is 35.0 Å². The van der Waals surface area contributed by atoms with Crippen molar-refractivity contribution in [2.45, 2.75) is 19.5 Å². The number of hydrogen-bond donors (Lipinski definition) is 3. The Balaban J connectivity index is 1.31. The quantitative estimate of drug-likeness (QED) is 0.425. The Kier molecular flexibility index (Phi) is 5.35. The minimum Gasteiger partial charge on any atom is -0.497 e. The number of hydrogen-bond acceptors (Lipinski definition) is 5. The molecule has 9 heteroatoms. The zero-order chi connectivity index (χ0) is 22.8. The number of amides is 2. The van der Waals surface area contributed by atoms with Gasteiger partial charge in [0.1, 0.15) is 5.75 Å². The number of fused-ring (bicyclic) bond motifs is 3. The molecule has 4 aromatic rings. The molecular weight excluding hydrogens is 420 g/mol. The van der Waals surface area contributed by atoms with Crippen molar-refractivity contribution in [3.05, 3.63) is 83.3 Å². The van der Waals surface area contributed by atoms with Gasteiger partial charge in [-0.05, 0) is 48.9 Å². The molecule has 3 aromatic heterocycles. The molecule has 1 aliphatic rings. The fourth-order valence-corrected chi connectivity index (χ4v) is 3.88. The zero-order valence-corrected chi connectivity index (χ0v) is 18.0. The van der Waals surface area contributed by atoms with Crippen LogP contribution in [0.3, 0.4) is 0 Å². The summed E-state index contributed by atoms with van der Waals surface area (Å²) in [6, 6.07) is 14.3. The summed E-state index contributed by atoms with van der Waals surface area (Å²) < 4.78 is 7.16. The maximum absolute atomic E-state index is 12.7. The van der Waals surface area contributed by atoms with E-state index in [4.69, 9.17) is 4.74 Å². The summed E-state index contributed by atoms with van der Waals surface area (Å²) in [5.74, 6) is 0.767. The minimum atomic E-state index is -0.248. The fourth-order valence-electron chi connectivity index (χ4n) is 3.88. The third kappa shape index (κ3) is 4.08. The summed E-state index contributed by atoms with van der Waals surface area (Å²) in [6.45, 7) is 1.04. The Bertz CT molecular complexity index is 1310. The lowest BCUT2D eigenvalue weighted by Crippen LogP contribution is -2.22. The van der Waals surface area contributed by atoms with E-state index in [-0.39, 0.29) is 11.8 Å². The van der Waals surface area contributed by atoms with Crippen molar-refractivity contribution in [3.8, 4) is 17.1 Å². The lowest BCUT2D eigenvalue weighted by atomic mass is 10.1. The van der Waals surface area contributed by atoms with E-state index in [1.165, 1.54) is 0 Å². The van der Waals surface area contributed by atoms with Gasteiger partial charge in [0, 0.05) is 30.1 Å². The molecule has 0 bridgehead atoms. The van der Waals surface area contributed by atoms with Gasteiger partial charge in [-0.1, -0.05) is 6.07 Å². The number of nitrogens with zero attached hydrogens (tertiary/aromatic N) is 3. The molecule has 166 valence electrons. The van der Waals surface area contributed by atoms with E-state index < -0.39 is 0 Å². The number of H-pyrrole nitrogens is 1. The summed E-state index contributed by atoms with van der Waals surface area (Å²) in [7, 11) is 1.58. The van der Waals surface area contributed by atoms with Crippen molar-refractivity contribution in [1.82, 2.24) is 25.1 Å². The smallest absolute Gasteiger partial charge is 0.256 e. The van der Waals surface area contributed by atoms with Gasteiger partial charge in [-0.2, -0.15) is 5.10 Å². The van der Waals surface area contributed by atoms with Crippen LogP contribution < -0.4 is 15.4 Å². The van der Waals surface area contributed by atoms with Gasteiger partial charge in [0.05, 0.1) is 36.3 Å². The molecule has 33 heavy (non-hydrogen) atoms. The number of methoxy groups -OCH3 is 1. The van der Waals surface area contributed by atoms with Crippen molar-refractivity contribution in [2.75, 3.05) is 12.4 Å². The molecule has 1 aliphatic heterocycles. The third-order valence-corrected chi connectivity index (χ3v) is 5.63. The molecule has 0 radical (unpaired) electrons. The maximum Gasteiger partial charge on any atom is 0.256 e. The van der Waals surface area contributed by atoms with Gasteiger partial charge in [-0.25, -0.2) is 0 Å². The highest BCUT2D eigenvalue weighted by Gasteiger charge is 2.25. The second kappa shape index (κ2) is 8.62. The van der Waals surface area contributed by atoms with Crippen molar-refractivity contribution in [3.63, 3.8) is 0 Å². The van der Waals surface area contributed by atoms with Gasteiger partial charge in [-0.3, -0.25) is 19.7 Å². The molecule has 0 saturated carbocycles. The van der Waals surface area contributed by atoms with Crippen LogP contribution in [0.4, 0.5) is 5.82 Å². The molecular formula is C24H22N6O3. The van der Waals surface area contributed by atoms with Gasteiger partial charge >= 0.3 is 0 Å². The normalized spacial score (nSPS) is 11.9. The summed E-state index contributed by atoms with van der Waals surface area (Å²) in [6.07, 6.45) is 4.21. The highest BCUT2D eigenvalue weighted by Crippen LogP contribution is 2.33. The predicted octanol–water partition coefficient (Wildman–Crippen LogP) is 3.02. The first-order valence-electron chi connectivity index (χ1n) is 10.5. The highest BCUT2D eigenvalue weighted by atomic mass is 16.5. The highest BCUT2D eigenvalue weighted by molar-refractivity contribution is 6.04. The Hall–Kier alpha value is -4.40. The summed E-state index contributed by atoms with van der Waals surface area (Å²) in [5, 5.41) is 13.1. The van der Waals surface area contributed by atoms with E-state index in [2.05, 4.69) is 25.8 Å². The number of carbonyl (C=O) groups is 2. The fraction of sp³-hybridized carbons (Fsp3) is 0.167. The summed E-state index contributed by atoms with van der Waals surface area (Å²) >= 11 is 0. The molecule has 0 unspecified atom stereocenters. The van der Waals surface area contributed by atoms with E-state index in [1.54, 1.807) is 37.6 Å². The number of ether oxygens (including phenoxy) is 1. The molecule has 0 atom stereocenters. The van der Waals surface area contributed by atoms with Crippen LogP contribution in [0.2, 0.25) is 0 Å². The van der Waals surface area contributed by atoms with Crippen molar-refractivity contribution in [1.29, 1.82) is 0 Å². The lowest BCUT2D eigenvalue weighted by Gasteiger charge is -2.16. The molecule has 1 aromatic carbocycles. The molecule has 5 rings (SSSR count). The Morgan fingerprint density at radius 3 is 2.73 bits per heavy atom. The van der Waals surface area contributed by atoms with Gasteiger partial charge in [0.2, 0.25) is 0 Å². The molecule has 0 aliphatic carbocycles. The number of rotatable bonds is 6. The first-order chi connectivity index (χ1) is 16.1. The first kappa shape index (κ1) is 20.5. The van der Waals surface area contributed by atoms with Gasteiger partial charge in [-0.15, -0.1) is 0 Å². The SMILES string of the molecule is COc1ccc(C(=O)Nc2n[nH]c3c2CCn2cc(C(=O)NCc4ccccn4)cc2-3)cc1. The van der Waals surface area contributed by atoms with Crippen LogP contribution in [0.5, 0.6) is 5.75 Å². The maximum atomic E-state index is 12.7. The average Bonchev–Trinajstić information content (AvgIpc) is 3.47. The molecule has 0 fully saturated rings. The second-order valence-corrected chi connectivity index (χ2v) is 7.67. The van der Waals surface area contributed by atoms with Crippen molar-refractivity contribution in [2.24, 2.45) is 0 Å². The minimum absolute atomic E-state index is 0.170. The Labute approximate surface area is 189 Å². The van der Waals surface area contributed by atoms with Crippen LogP contribution in [-0.4, -0.2) is 38.7 Å². The first-order valence-corrected chi connectivity index (χ1v) is 10.5. The van der Waals surface area contributed by atoms with Crippen LogP contribution in [0, 0.1) is 0 Å². The number of pyridine rings is 1. The predicted molar refractivity (Wildman–Crippen MR) is 122 cm³/mol. The number of anilines is 1. The van der Waals surface area contributed by atoms with Crippen molar-refractivity contribution >= 4 is 17.6 Å². The second-order valence-electron chi connectivity index (χ2n) is 7.67. The van der Waals surface area contributed by atoms with Crippen molar-refractivity contribution < 1.29 is 14.3 Å². The van der Waals surface area contributed by atoms with Gasteiger partial charge < -0.3 is 19.9 Å². The van der Waals surface area contributed by atoms with Crippen LogP contribution in [0.15, 0.2) is 60.9 Å². The number of aryl methyl sites for hydroxylation is 1. The average molecular weight is 442 g/mol. The lowest BCUT2D eigenvalue weighted by molar-refractivity contribution is 0.0949.